The van der Waals surface area contributed by atoms with Crippen LogP contribution in [0.15, 0.2) is 90.5 Å². The van der Waals surface area contributed by atoms with E-state index in [9.17, 15) is 4.79 Å². The number of piperidine rings is 1. The summed E-state index contributed by atoms with van der Waals surface area (Å²) in [7, 11) is 0. The second-order valence-electron chi connectivity index (χ2n) is 9.80. The van der Waals surface area contributed by atoms with E-state index in [-0.39, 0.29) is 24.1 Å². The Morgan fingerprint density at radius 3 is 2.26 bits per heavy atom. The molecule has 6 rings (SSSR count). The van der Waals surface area contributed by atoms with Gasteiger partial charge in [-0.25, -0.2) is 4.79 Å². The van der Waals surface area contributed by atoms with Gasteiger partial charge in [0.15, 0.2) is 0 Å². The molecular weight excluding hydrogens is 434 g/mol. The monoisotopic (exact) mass is 465 g/mol. The highest BCUT2D eigenvalue weighted by Gasteiger charge is 2.38. The van der Waals surface area contributed by atoms with E-state index in [1.165, 1.54) is 27.8 Å². The van der Waals surface area contributed by atoms with Gasteiger partial charge in [0, 0.05) is 18.4 Å². The first-order valence-electron chi connectivity index (χ1n) is 12.8. The predicted octanol–water partition coefficient (Wildman–Crippen LogP) is 6.96. The molecule has 2 aliphatic heterocycles. The Hall–Kier alpha value is -3.53. The van der Waals surface area contributed by atoms with Crippen LogP contribution in [-0.4, -0.2) is 36.3 Å². The number of rotatable bonds is 6. The second kappa shape index (κ2) is 9.61. The number of hydrogen-bond donors (Lipinski definition) is 0. The fraction of sp³-hybridized carbons (Fsp3) is 0.323. The summed E-state index contributed by atoms with van der Waals surface area (Å²) in [5, 5.41) is 0. The van der Waals surface area contributed by atoms with Crippen LogP contribution in [0, 0.1) is 0 Å². The molecule has 3 aromatic carbocycles. The molecule has 4 nitrogen and oxygen atoms in total. The fourth-order valence-electron chi connectivity index (χ4n) is 6.07. The zero-order chi connectivity index (χ0) is 23.6. The maximum atomic E-state index is 13.3. The van der Waals surface area contributed by atoms with Crippen LogP contribution in [0.1, 0.15) is 49.1 Å². The standard InChI is InChI=1S/C31H31NO3/c33-31(35-21-30-28-15-6-4-13-26(28)27-14-5-7-16-29(27)30)32-23-9-8-10-24(32)20-22(19-23)17-18-34-25-11-2-1-3-12-25/h1-7,11-16,19,23-24,30H,8-10,17-18,20-21H2. The van der Waals surface area contributed by atoms with Crippen LogP contribution < -0.4 is 4.74 Å². The Balaban J connectivity index is 1.11. The van der Waals surface area contributed by atoms with Gasteiger partial charge in [0.2, 0.25) is 0 Å². The van der Waals surface area contributed by atoms with E-state index in [2.05, 4.69) is 54.6 Å². The van der Waals surface area contributed by atoms with Crippen molar-refractivity contribution in [3.8, 4) is 16.9 Å². The Bertz CT molecular complexity index is 1190. The van der Waals surface area contributed by atoms with E-state index in [1.54, 1.807) is 0 Å². The van der Waals surface area contributed by atoms with Gasteiger partial charge in [0.05, 0.1) is 12.6 Å². The summed E-state index contributed by atoms with van der Waals surface area (Å²) in [5.41, 5.74) is 6.41. The number of nitrogens with zero attached hydrogens (tertiary/aromatic N) is 1. The third kappa shape index (κ3) is 4.34. The molecule has 3 aromatic rings. The summed E-state index contributed by atoms with van der Waals surface area (Å²) >= 11 is 0. The lowest BCUT2D eigenvalue weighted by Crippen LogP contribution is -2.52. The average molecular weight is 466 g/mol. The molecule has 0 radical (unpaired) electrons. The Labute approximate surface area is 207 Å². The molecule has 0 N–H and O–H groups in total. The van der Waals surface area contributed by atoms with E-state index in [0.717, 1.165) is 37.9 Å². The summed E-state index contributed by atoms with van der Waals surface area (Å²) < 4.78 is 11.9. The summed E-state index contributed by atoms with van der Waals surface area (Å²) in [6.07, 6.45) is 7.15. The molecule has 2 heterocycles. The number of carbonyl (C=O) groups excluding carboxylic acids is 1. The van der Waals surface area contributed by atoms with Gasteiger partial charge >= 0.3 is 6.09 Å². The molecule has 1 amide bonds. The molecule has 2 atom stereocenters. The van der Waals surface area contributed by atoms with Gasteiger partial charge in [0.1, 0.15) is 12.4 Å². The molecule has 4 heteroatoms. The van der Waals surface area contributed by atoms with Crippen LogP contribution in [0.2, 0.25) is 0 Å². The number of benzene rings is 3. The van der Waals surface area contributed by atoms with Gasteiger partial charge in [-0.05, 0) is 60.1 Å². The zero-order valence-corrected chi connectivity index (χ0v) is 19.9. The molecule has 178 valence electrons. The fourth-order valence-corrected chi connectivity index (χ4v) is 6.07. The summed E-state index contributed by atoms with van der Waals surface area (Å²) in [4.78, 5) is 15.4. The molecule has 0 spiro atoms. The van der Waals surface area contributed by atoms with Crippen molar-refractivity contribution in [3.63, 3.8) is 0 Å². The third-order valence-corrected chi connectivity index (χ3v) is 7.70. The molecule has 2 bridgehead atoms. The van der Waals surface area contributed by atoms with E-state index < -0.39 is 0 Å². The van der Waals surface area contributed by atoms with Crippen molar-refractivity contribution in [2.75, 3.05) is 13.2 Å². The van der Waals surface area contributed by atoms with Crippen LogP contribution in [0.25, 0.3) is 11.1 Å². The van der Waals surface area contributed by atoms with Gasteiger partial charge in [-0.1, -0.05) is 78.4 Å². The topological polar surface area (TPSA) is 38.8 Å². The van der Waals surface area contributed by atoms with Gasteiger partial charge < -0.3 is 9.47 Å². The Morgan fingerprint density at radius 1 is 0.857 bits per heavy atom. The zero-order valence-electron chi connectivity index (χ0n) is 19.9. The molecule has 3 aliphatic rings. The quantitative estimate of drug-likeness (QED) is 0.370. The first kappa shape index (κ1) is 22.0. The van der Waals surface area contributed by atoms with Crippen LogP contribution >= 0.6 is 0 Å². The van der Waals surface area contributed by atoms with Crippen molar-refractivity contribution in [1.82, 2.24) is 4.90 Å². The van der Waals surface area contributed by atoms with Crippen molar-refractivity contribution < 1.29 is 14.3 Å². The minimum atomic E-state index is -0.169. The third-order valence-electron chi connectivity index (χ3n) is 7.70. The minimum absolute atomic E-state index is 0.0946. The Morgan fingerprint density at radius 2 is 1.54 bits per heavy atom. The molecule has 1 saturated heterocycles. The highest BCUT2D eigenvalue weighted by Crippen LogP contribution is 2.44. The van der Waals surface area contributed by atoms with Gasteiger partial charge in [-0.15, -0.1) is 0 Å². The van der Waals surface area contributed by atoms with Crippen molar-refractivity contribution in [3.05, 3.63) is 102 Å². The number of ether oxygens (including phenoxy) is 2. The van der Waals surface area contributed by atoms with Crippen molar-refractivity contribution >= 4 is 6.09 Å². The predicted molar refractivity (Wildman–Crippen MR) is 138 cm³/mol. The molecule has 2 unspecified atom stereocenters. The molecule has 0 aromatic heterocycles. The number of para-hydroxylation sites is 1. The minimum Gasteiger partial charge on any atom is -0.493 e. The van der Waals surface area contributed by atoms with E-state index in [1.807, 2.05) is 35.2 Å². The van der Waals surface area contributed by atoms with Crippen LogP contribution in [0.4, 0.5) is 4.79 Å². The Kier molecular flexibility index (Phi) is 6.03. The smallest absolute Gasteiger partial charge is 0.410 e. The SMILES string of the molecule is O=C(OCC1c2ccccc2-c2ccccc21)N1C2C=C(CCOc3ccccc3)CC1CCC2. The molecule has 35 heavy (non-hydrogen) atoms. The van der Waals surface area contributed by atoms with Crippen LogP contribution in [0.3, 0.4) is 0 Å². The number of hydrogen-bond acceptors (Lipinski definition) is 3. The summed E-state index contributed by atoms with van der Waals surface area (Å²) in [6.45, 7) is 1.05. The maximum absolute atomic E-state index is 13.3. The second-order valence-corrected chi connectivity index (χ2v) is 9.80. The van der Waals surface area contributed by atoms with E-state index in [4.69, 9.17) is 9.47 Å². The molecular formula is C31H31NO3. The highest BCUT2D eigenvalue weighted by atomic mass is 16.6. The first-order chi connectivity index (χ1) is 17.3. The maximum Gasteiger partial charge on any atom is 0.410 e. The lowest BCUT2D eigenvalue weighted by molar-refractivity contribution is 0.0505. The normalized spacial score (nSPS) is 20.6. The number of carbonyl (C=O) groups is 1. The van der Waals surface area contributed by atoms with Crippen molar-refractivity contribution in [2.24, 2.45) is 0 Å². The summed E-state index contributed by atoms with van der Waals surface area (Å²) in [6, 6.07) is 27.3. The largest absolute Gasteiger partial charge is 0.493 e. The molecule has 0 saturated carbocycles. The van der Waals surface area contributed by atoms with Gasteiger partial charge in [-0.3, -0.25) is 4.90 Å². The van der Waals surface area contributed by atoms with Gasteiger partial charge in [-0.2, -0.15) is 0 Å². The average Bonchev–Trinajstić information content (AvgIpc) is 3.21. The lowest BCUT2D eigenvalue weighted by atomic mass is 9.84. The van der Waals surface area contributed by atoms with E-state index in [0.29, 0.717) is 13.2 Å². The number of amides is 1. The number of fused-ring (bicyclic) bond motifs is 5. The first-order valence-corrected chi connectivity index (χ1v) is 12.8. The van der Waals surface area contributed by atoms with E-state index >= 15 is 0 Å². The molecule has 1 aliphatic carbocycles. The van der Waals surface area contributed by atoms with Crippen molar-refractivity contribution in [1.29, 1.82) is 0 Å². The van der Waals surface area contributed by atoms with Crippen LogP contribution in [0.5, 0.6) is 5.75 Å². The van der Waals surface area contributed by atoms with Crippen LogP contribution in [-0.2, 0) is 4.74 Å². The molecule has 1 fully saturated rings. The lowest BCUT2D eigenvalue weighted by Gasteiger charge is -2.44. The summed E-state index contributed by atoms with van der Waals surface area (Å²) in [5.74, 6) is 1.00. The highest BCUT2D eigenvalue weighted by molar-refractivity contribution is 5.79. The van der Waals surface area contributed by atoms with Crippen molar-refractivity contribution in [2.45, 2.75) is 50.1 Å². The van der Waals surface area contributed by atoms with Gasteiger partial charge in [0.25, 0.3) is 0 Å².